The van der Waals surface area contributed by atoms with Crippen molar-refractivity contribution < 1.29 is 4.79 Å². The second kappa shape index (κ2) is 11.1. The summed E-state index contributed by atoms with van der Waals surface area (Å²) in [4.78, 5) is 22.7. The van der Waals surface area contributed by atoms with Gasteiger partial charge in [-0.1, -0.05) is 36.4 Å². The van der Waals surface area contributed by atoms with Crippen molar-refractivity contribution in [3.05, 3.63) is 94.5 Å². The van der Waals surface area contributed by atoms with E-state index in [0.29, 0.717) is 0 Å². The molecule has 1 amide bonds. The third kappa shape index (κ3) is 5.47. The first-order valence-electron chi connectivity index (χ1n) is 13.2. The van der Waals surface area contributed by atoms with Crippen LogP contribution in [0.5, 0.6) is 0 Å². The van der Waals surface area contributed by atoms with Crippen LogP contribution < -0.4 is 9.80 Å². The first-order valence-corrected chi connectivity index (χ1v) is 13.2. The van der Waals surface area contributed by atoms with E-state index in [1.54, 1.807) is 0 Å². The maximum Gasteiger partial charge on any atom is 0.254 e. The standard InChI is InChI=1S/C31H35N5O/c1-24-20-25(2)29(31(37)36-18-16-34(17-19-36)28-9-4-3-5-10-28)21-27(24)23-33-12-14-35(15-13-33)30-11-7-6-8-26(30)22-32/h3-11,20-21H,12-19,23H2,1-2H3. The SMILES string of the molecule is Cc1cc(C)c(C(=O)N2CCN(c3ccccc3)CC2)cc1CN1CCN(c2ccccc2C#N)CC1. The number of nitriles is 1. The number of hydrogen-bond acceptors (Lipinski definition) is 5. The first kappa shape index (κ1) is 24.9. The van der Waals surface area contributed by atoms with Crippen molar-refractivity contribution in [1.82, 2.24) is 9.80 Å². The van der Waals surface area contributed by atoms with E-state index in [1.165, 1.54) is 16.8 Å². The molecule has 0 saturated carbocycles. The number of para-hydroxylation sites is 2. The van der Waals surface area contributed by atoms with Gasteiger partial charge in [0.15, 0.2) is 0 Å². The van der Waals surface area contributed by atoms with Crippen LogP contribution >= 0.6 is 0 Å². The van der Waals surface area contributed by atoms with Crippen LogP contribution in [0.4, 0.5) is 11.4 Å². The highest BCUT2D eigenvalue weighted by atomic mass is 16.2. The maximum atomic E-state index is 13.5. The molecule has 0 aromatic heterocycles. The Kier molecular flexibility index (Phi) is 7.43. The minimum Gasteiger partial charge on any atom is -0.368 e. The Morgan fingerprint density at radius 2 is 1.43 bits per heavy atom. The Morgan fingerprint density at radius 3 is 2.14 bits per heavy atom. The molecule has 3 aromatic carbocycles. The quantitative estimate of drug-likeness (QED) is 0.525. The Bertz CT molecular complexity index is 1280. The van der Waals surface area contributed by atoms with Gasteiger partial charge in [0.2, 0.25) is 0 Å². The van der Waals surface area contributed by atoms with Gasteiger partial charge in [-0.15, -0.1) is 0 Å². The van der Waals surface area contributed by atoms with Gasteiger partial charge in [0.1, 0.15) is 6.07 Å². The van der Waals surface area contributed by atoms with E-state index in [1.807, 2.05) is 35.2 Å². The molecule has 6 heteroatoms. The van der Waals surface area contributed by atoms with Crippen LogP contribution in [0.1, 0.15) is 32.6 Å². The Balaban J connectivity index is 1.22. The highest BCUT2D eigenvalue weighted by Gasteiger charge is 2.25. The summed E-state index contributed by atoms with van der Waals surface area (Å²) in [5.74, 6) is 0.143. The molecule has 0 atom stereocenters. The molecule has 2 aliphatic rings. The van der Waals surface area contributed by atoms with Crippen LogP contribution in [0.15, 0.2) is 66.7 Å². The molecule has 2 aliphatic heterocycles. The fourth-order valence-electron chi connectivity index (χ4n) is 5.51. The Labute approximate surface area is 220 Å². The summed E-state index contributed by atoms with van der Waals surface area (Å²) < 4.78 is 0. The predicted molar refractivity (Wildman–Crippen MR) is 149 cm³/mol. The van der Waals surface area contributed by atoms with Crippen molar-refractivity contribution in [3.63, 3.8) is 0 Å². The summed E-state index contributed by atoms with van der Waals surface area (Å²) in [6.07, 6.45) is 0. The lowest BCUT2D eigenvalue weighted by molar-refractivity contribution is 0.0746. The molecule has 0 N–H and O–H groups in total. The van der Waals surface area contributed by atoms with Crippen LogP contribution in [0.2, 0.25) is 0 Å². The van der Waals surface area contributed by atoms with Crippen molar-refractivity contribution in [2.75, 3.05) is 62.2 Å². The van der Waals surface area contributed by atoms with Gasteiger partial charge in [-0.2, -0.15) is 5.26 Å². The van der Waals surface area contributed by atoms with Crippen molar-refractivity contribution >= 4 is 17.3 Å². The molecule has 2 heterocycles. The predicted octanol–water partition coefficient (Wildman–Crippen LogP) is 4.46. The normalized spacial score (nSPS) is 16.5. The molecule has 190 valence electrons. The van der Waals surface area contributed by atoms with Gasteiger partial charge in [-0.05, 0) is 60.9 Å². The molecule has 2 fully saturated rings. The average molecular weight is 494 g/mol. The van der Waals surface area contributed by atoms with Crippen molar-refractivity contribution in [3.8, 4) is 6.07 Å². The highest BCUT2D eigenvalue weighted by molar-refractivity contribution is 5.96. The number of anilines is 2. The number of carbonyl (C=O) groups is 1. The average Bonchev–Trinajstić information content (AvgIpc) is 2.95. The molecule has 2 saturated heterocycles. The van der Waals surface area contributed by atoms with Crippen LogP contribution in [0.3, 0.4) is 0 Å². The molecule has 0 aliphatic carbocycles. The van der Waals surface area contributed by atoms with E-state index >= 15 is 0 Å². The summed E-state index contributed by atoms with van der Waals surface area (Å²) in [6.45, 7) is 11.9. The number of rotatable bonds is 5. The smallest absolute Gasteiger partial charge is 0.254 e. The molecule has 37 heavy (non-hydrogen) atoms. The zero-order chi connectivity index (χ0) is 25.8. The fourth-order valence-corrected chi connectivity index (χ4v) is 5.51. The van der Waals surface area contributed by atoms with Crippen LogP contribution in [0, 0.1) is 25.2 Å². The van der Waals surface area contributed by atoms with Crippen LogP contribution in [-0.4, -0.2) is 68.1 Å². The third-order valence-electron chi connectivity index (χ3n) is 7.73. The number of carbonyl (C=O) groups excluding carboxylic acids is 1. The lowest BCUT2D eigenvalue weighted by Crippen LogP contribution is -2.49. The van der Waals surface area contributed by atoms with E-state index in [0.717, 1.165) is 81.3 Å². The van der Waals surface area contributed by atoms with Crippen molar-refractivity contribution in [2.24, 2.45) is 0 Å². The number of aryl methyl sites for hydroxylation is 2. The van der Waals surface area contributed by atoms with Gasteiger partial charge >= 0.3 is 0 Å². The number of nitrogens with zero attached hydrogens (tertiary/aromatic N) is 5. The molecule has 0 spiro atoms. The van der Waals surface area contributed by atoms with Gasteiger partial charge in [0.25, 0.3) is 5.91 Å². The maximum absolute atomic E-state index is 13.5. The van der Waals surface area contributed by atoms with E-state index in [2.05, 4.69) is 71.0 Å². The summed E-state index contributed by atoms with van der Waals surface area (Å²) in [5.41, 5.74) is 7.32. The number of benzene rings is 3. The van der Waals surface area contributed by atoms with Gasteiger partial charge in [0, 0.05) is 70.2 Å². The van der Waals surface area contributed by atoms with Gasteiger partial charge < -0.3 is 14.7 Å². The van der Waals surface area contributed by atoms with Crippen LogP contribution in [-0.2, 0) is 6.54 Å². The summed E-state index contributed by atoms with van der Waals surface area (Å²) in [6, 6.07) is 24.9. The summed E-state index contributed by atoms with van der Waals surface area (Å²) >= 11 is 0. The summed E-state index contributed by atoms with van der Waals surface area (Å²) in [5, 5.41) is 9.46. The second-order valence-electron chi connectivity index (χ2n) is 10.1. The lowest BCUT2D eigenvalue weighted by atomic mass is 9.98. The first-order chi connectivity index (χ1) is 18.0. The third-order valence-corrected chi connectivity index (χ3v) is 7.73. The van der Waals surface area contributed by atoms with E-state index in [9.17, 15) is 10.1 Å². The zero-order valence-corrected chi connectivity index (χ0v) is 21.9. The molecule has 5 rings (SSSR count). The number of piperazine rings is 2. The monoisotopic (exact) mass is 493 g/mol. The lowest BCUT2D eigenvalue weighted by Gasteiger charge is -2.37. The topological polar surface area (TPSA) is 53.8 Å². The number of amides is 1. The Hall–Kier alpha value is -3.82. The summed E-state index contributed by atoms with van der Waals surface area (Å²) in [7, 11) is 0. The van der Waals surface area contributed by atoms with E-state index in [4.69, 9.17) is 0 Å². The second-order valence-corrected chi connectivity index (χ2v) is 10.1. The van der Waals surface area contributed by atoms with Crippen LogP contribution in [0.25, 0.3) is 0 Å². The number of hydrogen-bond donors (Lipinski definition) is 0. The highest BCUT2D eigenvalue weighted by Crippen LogP contribution is 2.24. The van der Waals surface area contributed by atoms with E-state index < -0.39 is 0 Å². The minimum atomic E-state index is 0.143. The molecule has 0 bridgehead atoms. The Morgan fingerprint density at radius 1 is 0.784 bits per heavy atom. The minimum absolute atomic E-state index is 0.143. The molecule has 0 radical (unpaired) electrons. The molecule has 0 unspecified atom stereocenters. The van der Waals surface area contributed by atoms with Gasteiger partial charge in [-0.3, -0.25) is 9.69 Å². The fraction of sp³-hybridized carbons (Fsp3) is 0.355. The molecule has 3 aromatic rings. The van der Waals surface area contributed by atoms with Gasteiger partial charge in [0.05, 0.1) is 11.3 Å². The molecular weight excluding hydrogens is 458 g/mol. The van der Waals surface area contributed by atoms with E-state index in [-0.39, 0.29) is 5.91 Å². The molecular formula is C31H35N5O. The van der Waals surface area contributed by atoms with Gasteiger partial charge in [-0.25, -0.2) is 0 Å². The van der Waals surface area contributed by atoms with Crippen molar-refractivity contribution in [1.29, 1.82) is 5.26 Å². The molecule has 6 nitrogen and oxygen atoms in total. The largest absolute Gasteiger partial charge is 0.368 e. The van der Waals surface area contributed by atoms with Crippen molar-refractivity contribution in [2.45, 2.75) is 20.4 Å². The zero-order valence-electron chi connectivity index (χ0n) is 21.9.